The number of aliphatic hydroxyl groups is 1. The second-order valence-corrected chi connectivity index (χ2v) is 7.31. The first-order valence-electron chi connectivity index (χ1n) is 9.14. The molecule has 130 valence electrons. The number of hydrogen-bond donors (Lipinski definition) is 2. The van der Waals surface area contributed by atoms with Crippen LogP contribution in [0.5, 0.6) is 0 Å². The van der Waals surface area contributed by atoms with Gasteiger partial charge in [-0.05, 0) is 42.7 Å². The molecule has 3 heteroatoms. The van der Waals surface area contributed by atoms with Crippen LogP contribution in [0.15, 0.2) is 18.2 Å². The van der Waals surface area contributed by atoms with E-state index in [1.54, 1.807) is 0 Å². The van der Waals surface area contributed by atoms with Crippen LogP contribution in [0.1, 0.15) is 76.8 Å². The highest BCUT2D eigenvalue weighted by Crippen LogP contribution is 2.37. The van der Waals surface area contributed by atoms with Gasteiger partial charge in [0.1, 0.15) is 0 Å². The third kappa shape index (κ3) is 4.27. The first kappa shape index (κ1) is 18.3. The van der Waals surface area contributed by atoms with Gasteiger partial charge < -0.3 is 15.2 Å². The van der Waals surface area contributed by atoms with Crippen LogP contribution in [0.3, 0.4) is 0 Å². The van der Waals surface area contributed by atoms with Crippen molar-refractivity contribution in [2.75, 3.05) is 11.9 Å². The minimum atomic E-state index is -0.659. The maximum Gasteiger partial charge on any atom is 0.159 e. The number of ether oxygens (including phenoxy) is 1. The molecule has 1 aliphatic rings. The predicted octanol–water partition coefficient (Wildman–Crippen LogP) is 4.87. The molecule has 2 N–H and O–H groups in total. The summed E-state index contributed by atoms with van der Waals surface area (Å²) in [6.07, 6.45) is 2.61. The normalized spacial score (nSPS) is 22.8. The molecule has 1 aliphatic carbocycles. The van der Waals surface area contributed by atoms with Gasteiger partial charge in [0, 0.05) is 24.3 Å². The second-order valence-electron chi connectivity index (χ2n) is 7.31. The summed E-state index contributed by atoms with van der Waals surface area (Å²) in [6, 6.07) is 6.90. The minimum absolute atomic E-state index is 0.176. The molecule has 0 radical (unpaired) electrons. The van der Waals surface area contributed by atoms with E-state index in [4.69, 9.17) is 4.74 Å². The minimum Gasteiger partial charge on any atom is -0.381 e. The maximum atomic E-state index is 10.3. The first-order chi connectivity index (χ1) is 11.0. The van der Waals surface area contributed by atoms with Crippen molar-refractivity contribution in [2.45, 2.75) is 78.0 Å². The Labute approximate surface area is 141 Å². The molecule has 23 heavy (non-hydrogen) atoms. The number of hydrogen-bond acceptors (Lipinski definition) is 3. The van der Waals surface area contributed by atoms with Crippen LogP contribution in [0.2, 0.25) is 0 Å². The fourth-order valence-corrected chi connectivity index (χ4v) is 3.71. The van der Waals surface area contributed by atoms with E-state index in [2.05, 4.69) is 51.2 Å². The fraction of sp³-hybridized carbons (Fsp3) is 0.700. The summed E-state index contributed by atoms with van der Waals surface area (Å²) in [5.41, 5.74) is 4.01. The predicted molar refractivity (Wildman–Crippen MR) is 97.0 cm³/mol. The second kappa shape index (κ2) is 8.16. The molecule has 0 aromatic heterocycles. The van der Waals surface area contributed by atoms with E-state index in [-0.39, 0.29) is 12.0 Å². The Hall–Kier alpha value is -1.06. The molecule has 2 rings (SSSR count). The number of benzene rings is 1. The number of aliphatic hydroxyl groups excluding tert-OH is 1. The Morgan fingerprint density at radius 3 is 2.26 bits per heavy atom. The van der Waals surface area contributed by atoms with Crippen LogP contribution in [0, 0.1) is 5.92 Å². The molecule has 0 aliphatic heterocycles. The summed E-state index contributed by atoms with van der Waals surface area (Å²) in [5.74, 6) is 1.14. The zero-order valence-corrected chi connectivity index (χ0v) is 15.3. The quantitative estimate of drug-likeness (QED) is 0.705. The summed E-state index contributed by atoms with van der Waals surface area (Å²) in [5, 5.41) is 14.1. The Balaban J connectivity index is 2.27. The SMILES string of the molecule is CCOC(O)C1CCCC1Nc1c(C(C)C)cccc1C(C)C. The van der Waals surface area contributed by atoms with Crippen LogP contribution in [0.4, 0.5) is 5.69 Å². The Bertz CT molecular complexity index is 472. The topological polar surface area (TPSA) is 41.5 Å². The molecule has 3 atom stereocenters. The number of nitrogens with one attached hydrogen (secondary N) is 1. The van der Waals surface area contributed by atoms with E-state index in [9.17, 15) is 5.11 Å². The molecule has 0 bridgehead atoms. The number of rotatable bonds is 7. The van der Waals surface area contributed by atoms with Gasteiger partial charge in [-0.25, -0.2) is 0 Å². The highest BCUT2D eigenvalue weighted by Gasteiger charge is 2.34. The molecule has 1 fully saturated rings. The highest BCUT2D eigenvalue weighted by molar-refractivity contribution is 5.60. The summed E-state index contributed by atoms with van der Waals surface area (Å²) in [4.78, 5) is 0. The average molecular weight is 319 g/mol. The van der Waals surface area contributed by atoms with Crippen LogP contribution in [-0.4, -0.2) is 24.0 Å². The van der Waals surface area contributed by atoms with Gasteiger partial charge in [-0.1, -0.05) is 52.3 Å². The van der Waals surface area contributed by atoms with Gasteiger partial charge in [-0.15, -0.1) is 0 Å². The zero-order chi connectivity index (χ0) is 17.0. The van der Waals surface area contributed by atoms with Gasteiger partial charge in [0.15, 0.2) is 6.29 Å². The van der Waals surface area contributed by atoms with E-state index < -0.39 is 6.29 Å². The molecule has 0 saturated heterocycles. The lowest BCUT2D eigenvalue weighted by Gasteiger charge is -2.29. The molecule has 3 unspecified atom stereocenters. The van der Waals surface area contributed by atoms with Crippen LogP contribution < -0.4 is 5.32 Å². The third-order valence-corrected chi connectivity index (χ3v) is 4.98. The van der Waals surface area contributed by atoms with Crippen molar-refractivity contribution in [3.8, 4) is 0 Å². The van der Waals surface area contributed by atoms with Crippen molar-refractivity contribution < 1.29 is 9.84 Å². The first-order valence-corrected chi connectivity index (χ1v) is 9.14. The van der Waals surface area contributed by atoms with E-state index in [0.717, 1.165) is 19.3 Å². The van der Waals surface area contributed by atoms with Gasteiger partial charge in [0.25, 0.3) is 0 Å². The lowest BCUT2D eigenvalue weighted by atomic mass is 9.91. The molecular formula is C20H33NO2. The Morgan fingerprint density at radius 2 is 1.74 bits per heavy atom. The highest BCUT2D eigenvalue weighted by atomic mass is 16.6. The zero-order valence-electron chi connectivity index (χ0n) is 15.3. The molecule has 0 amide bonds. The average Bonchev–Trinajstić information content (AvgIpc) is 2.95. The molecular weight excluding hydrogens is 286 g/mol. The van der Waals surface area contributed by atoms with Gasteiger partial charge >= 0.3 is 0 Å². The lowest BCUT2D eigenvalue weighted by molar-refractivity contribution is -0.130. The summed E-state index contributed by atoms with van der Waals surface area (Å²) in [7, 11) is 0. The van der Waals surface area contributed by atoms with Crippen molar-refractivity contribution >= 4 is 5.69 Å². The Morgan fingerprint density at radius 1 is 1.13 bits per heavy atom. The third-order valence-electron chi connectivity index (χ3n) is 4.98. The number of anilines is 1. The van der Waals surface area contributed by atoms with Gasteiger partial charge in [0.05, 0.1) is 0 Å². The molecule has 0 spiro atoms. The van der Waals surface area contributed by atoms with E-state index in [1.165, 1.54) is 16.8 Å². The molecule has 0 heterocycles. The Kier molecular flexibility index (Phi) is 6.49. The van der Waals surface area contributed by atoms with Crippen molar-refractivity contribution in [2.24, 2.45) is 5.92 Å². The maximum absolute atomic E-state index is 10.3. The summed E-state index contributed by atoms with van der Waals surface area (Å²) < 4.78 is 5.46. The fourth-order valence-electron chi connectivity index (χ4n) is 3.71. The van der Waals surface area contributed by atoms with Gasteiger partial charge in [0.2, 0.25) is 0 Å². The van der Waals surface area contributed by atoms with E-state index in [1.807, 2.05) is 6.92 Å². The largest absolute Gasteiger partial charge is 0.381 e. The van der Waals surface area contributed by atoms with E-state index >= 15 is 0 Å². The summed E-state index contributed by atoms with van der Waals surface area (Å²) >= 11 is 0. The van der Waals surface area contributed by atoms with Gasteiger partial charge in [-0.2, -0.15) is 0 Å². The monoisotopic (exact) mass is 319 g/mol. The van der Waals surface area contributed by atoms with Crippen molar-refractivity contribution in [1.82, 2.24) is 0 Å². The standard InChI is InChI=1S/C20H33NO2/c1-6-23-20(22)17-11-8-12-18(17)21-19-15(13(2)3)9-7-10-16(19)14(4)5/h7,9-10,13-14,17-18,20-22H,6,8,11-12H2,1-5H3. The molecule has 1 aromatic carbocycles. The molecule has 1 saturated carbocycles. The molecule has 3 nitrogen and oxygen atoms in total. The number of para-hydroxylation sites is 1. The van der Waals surface area contributed by atoms with E-state index in [0.29, 0.717) is 18.4 Å². The molecule has 1 aromatic rings. The smallest absolute Gasteiger partial charge is 0.159 e. The van der Waals surface area contributed by atoms with Crippen molar-refractivity contribution in [1.29, 1.82) is 0 Å². The van der Waals surface area contributed by atoms with Gasteiger partial charge in [-0.3, -0.25) is 0 Å². The van der Waals surface area contributed by atoms with Crippen molar-refractivity contribution in [3.63, 3.8) is 0 Å². The lowest BCUT2D eigenvalue weighted by Crippen LogP contribution is -2.35. The van der Waals surface area contributed by atoms with Crippen molar-refractivity contribution in [3.05, 3.63) is 29.3 Å². The van der Waals surface area contributed by atoms with Crippen LogP contribution in [0.25, 0.3) is 0 Å². The summed E-state index contributed by atoms with van der Waals surface area (Å²) in [6.45, 7) is 11.5. The van der Waals surface area contributed by atoms with Crippen LogP contribution in [-0.2, 0) is 4.74 Å². The van der Waals surface area contributed by atoms with Crippen LogP contribution >= 0.6 is 0 Å².